The Morgan fingerprint density at radius 3 is 2.27 bits per heavy atom. The molecule has 76 valence electrons. The summed E-state index contributed by atoms with van der Waals surface area (Å²) in [7, 11) is 0. The third kappa shape index (κ3) is 2.60. The molecule has 0 amide bonds. The van der Waals surface area contributed by atoms with E-state index in [4.69, 9.17) is 11.6 Å². The first-order valence-electron chi connectivity index (χ1n) is 5.10. The zero-order chi connectivity index (χ0) is 10.5. The molecule has 0 aliphatic heterocycles. The van der Waals surface area contributed by atoms with Gasteiger partial charge in [-0.15, -0.1) is 11.6 Å². The van der Waals surface area contributed by atoms with Gasteiger partial charge in [-0.3, -0.25) is 0 Å². The summed E-state index contributed by atoms with van der Waals surface area (Å²) in [6, 6.07) is 18.9. The van der Waals surface area contributed by atoms with Gasteiger partial charge >= 0.3 is 0 Å². The first kappa shape index (κ1) is 10.3. The third-order valence-electron chi connectivity index (χ3n) is 2.42. The molecule has 0 bridgehead atoms. The zero-order valence-corrected chi connectivity index (χ0v) is 9.24. The van der Waals surface area contributed by atoms with Gasteiger partial charge in [0.25, 0.3) is 0 Å². The van der Waals surface area contributed by atoms with E-state index >= 15 is 0 Å². The van der Waals surface area contributed by atoms with Crippen LogP contribution in [0.25, 0.3) is 11.1 Å². The van der Waals surface area contributed by atoms with Crippen LogP contribution in [-0.4, -0.2) is 5.88 Å². The number of halogens is 1. The molecule has 0 fully saturated rings. The van der Waals surface area contributed by atoms with Crippen LogP contribution < -0.4 is 0 Å². The number of benzene rings is 2. The van der Waals surface area contributed by atoms with Gasteiger partial charge in [-0.25, -0.2) is 0 Å². The summed E-state index contributed by atoms with van der Waals surface area (Å²) >= 11 is 5.73. The fourth-order valence-corrected chi connectivity index (χ4v) is 1.86. The Morgan fingerprint density at radius 2 is 1.53 bits per heavy atom. The van der Waals surface area contributed by atoms with Gasteiger partial charge in [0.2, 0.25) is 0 Å². The Bertz CT molecular complexity index is 420. The highest BCUT2D eigenvalue weighted by Crippen LogP contribution is 2.20. The number of alkyl halides is 1. The average Bonchev–Trinajstić information content (AvgIpc) is 2.31. The highest BCUT2D eigenvalue weighted by atomic mass is 35.5. The van der Waals surface area contributed by atoms with Gasteiger partial charge in [0.1, 0.15) is 0 Å². The minimum atomic E-state index is 0.679. The van der Waals surface area contributed by atoms with Gasteiger partial charge in [0.05, 0.1) is 0 Å². The second-order valence-corrected chi connectivity index (χ2v) is 3.88. The summed E-state index contributed by atoms with van der Waals surface area (Å²) in [5, 5.41) is 0. The summed E-state index contributed by atoms with van der Waals surface area (Å²) in [6.45, 7) is 0. The molecule has 0 nitrogen and oxygen atoms in total. The molecular weight excluding hydrogens is 204 g/mol. The van der Waals surface area contributed by atoms with Crippen molar-refractivity contribution in [2.75, 3.05) is 5.88 Å². The molecule has 0 radical (unpaired) electrons. The molecule has 0 aromatic heterocycles. The predicted molar refractivity (Wildman–Crippen MR) is 66.3 cm³/mol. The van der Waals surface area contributed by atoms with E-state index in [-0.39, 0.29) is 0 Å². The van der Waals surface area contributed by atoms with Crippen LogP contribution in [0.1, 0.15) is 5.56 Å². The van der Waals surface area contributed by atoms with Gasteiger partial charge < -0.3 is 0 Å². The van der Waals surface area contributed by atoms with Gasteiger partial charge in [0.15, 0.2) is 0 Å². The SMILES string of the molecule is ClCCc1cccc(-c2ccccc2)c1. The highest BCUT2D eigenvalue weighted by molar-refractivity contribution is 6.18. The van der Waals surface area contributed by atoms with Crippen molar-refractivity contribution in [1.29, 1.82) is 0 Å². The first-order chi connectivity index (χ1) is 7.40. The van der Waals surface area contributed by atoms with Gasteiger partial charge in [-0.2, -0.15) is 0 Å². The Balaban J connectivity index is 2.33. The maximum absolute atomic E-state index is 5.73. The molecule has 2 aromatic carbocycles. The van der Waals surface area contributed by atoms with Crippen molar-refractivity contribution in [2.45, 2.75) is 6.42 Å². The fourth-order valence-electron chi connectivity index (χ4n) is 1.65. The van der Waals surface area contributed by atoms with Gasteiger partial charge in [-0.1, -0.05) is 54.6 Å². The monoisotopic (exact) mass is 216 g/mol. The van der Waals surface area contributed by atoms with E-state index in [1.54, 1.807) is 0 Å². The Kier molecular flexibility index (Phi) is 3.41. The lowest BCUT2D eigenvalue weighted by atomic mass is 10.0. The lowest BCUT2D eigenvalue weighted by molar-refractivity contribution is 1.15. The molecule has 15 heavy (non-hydrogen) atoms. The summed E-state index contributed by atoms with van der Waals surface area (Å²) in [4.78, 5) is 0. The van der Waals surface area contributed by atoms with Gasteiger partial charge in [-0.05, 0) is 23.1 Å². The topological polar surface area (TPSA) is 0 Å². The van der Waals surface area contributed by atoms with Crippen molar-refractivity contribution in [1.82, 2.24) is 0 Å². The predicted octanol–water partition coefficient (Wildman–Crippen LogP) is 4.13. The lowest BCUT2D eigenvalue weighted by Crippen LogP contribution is -1.86. The number of rotatable bonds is 3. The molecule has 1 heteroatoms. The normalized spacial score (nSPS) is 10.2. The molecule has 0 saturated carbocycles. The quantitative estimate of drug-likeness (QED) is 0.677. The number of hydrogen-bond donors (Lipinski definition) is 0. The minimum Gasteiger partial charge on any atom is -0.126 e. The van der Waals surface area contributed by atoms with Crippen LogP contribution in [0.3, 0.4) is 0 Å². The molecular formula is C14H13Cl. The molecule has 0 aliphatic carbocycles. The number of aryl methyl sites for hydroxylation is 1. The van der Waals surface area contributed by atoms with Crippen LogP contribution in [0.15, 0.2) is 54.6 Å². The van der Waals surface area contributed by atoms with Crippen LogP contribution in [0.2, 0.25) is 0 Å². The summed E-state index contributed by atoms with van der Waals surface area (Å²) in [5.41, 5.74) is 3.82. The molecule has 0 N–H and O–H groups in total. The van der Waals surface area contributed by atoms with E-state index in [0.29, 0.717) is 5.88 Å². The van der Waals surface area contributed by atoms with E-state index in [2.05, 4.69) is 48.5 Å². The van der Waals surface area contributed by atoms with Crippen molar-refractivity contribution in [3.63, 3.8) is 0 Å². The van der Waals surface area contributed by atoms with E-state index in [1.807, 2.05) is 6.07 Å². The maximum atomic E-state index is 5.73. The molecule has 0 saturated heterocycles. The maximum Gasteiger partial charge on any atom is 0.0263 e. The van der Waals surface area contributed by atoms with Crippen LogP contribution in [0, 0.1) is 0 Å². The second kappa shape index (κ2) is 4.99. The fraction of sp³-hybridized carbons (Fsp3) is 0.143. The van der Waals surface area contributed by atoms with Crippen LogP contribution >= 0.6 is 11.6 Å². The average molecular weight is 217 g/mol. The molecule has 0 spiro atoms. The standard InChI is InChI=1S/C14H13Cl/c15-10-9-12-5-4-8-14(11-12)13-6-2-1-3-7-13/h1-8,11H,9-10H2. The van der Waals surface area contributed by atoms with Crippen molar-refractivity contribution in [2.24, 2.45) is 0 Å². The first-order valence-corrected chi connectivity index (χ1v) is 5.64. The smallest absolute Gasteiger partial charge is 0.0263 e. The lowest BCUT2D eigenvalue weighted by Gasteiger charge is -2.03. The number of hydrogen-bond acceptors (Lipinski definition) is 0. The van der Waals surface area contributed by atoms with Gasteiger partial charge in [0, 0.05) is 5.88 Å². The molecule has 0 atom stereocenters. The van der Waals surface area contributed by atoms with Crippen LogP contribution in [0.4, 0.5) is 0 Å². The summed E-state index contributed by atoms with van der Waals surface area (Å²) in [5.74, 6) is 0.679. The molecule has 0 unspecified atom stereocenters. The third-order valence-corrected chi connectivity index (χ3v) is 2.61. The highest BCUT2D eigenvalue weighted by Gasteiger charge is 1.97. The molecule has 0 aliphatic rings. The summed E-state index contributed by atoms with van der Waals surface area (Å²) < 4.78 is 0. The van der Waals surface area contributed by atoms with Crippen molar-refractivity contribution in [3.8, 4) is 11.1 Å². The Hall–Kier alpha value is -1.27. The van der Waals surface area contributed by atoms with Crippen LogP contribution in [0.5, 0.6) is 0 Å². The van der Waals surface area contributed by atoms with E-state index in [9.17, 15) is 0 Å². The Labute approximate surface area is 95.5 Å². The molecule has 2 aromatic rings. The summed E-state index contributed by atoms with van der Waals surface area (Å²) in [6.07, 6.45) is 0.933. The van der Waals surface area contributed by atoms with Crippen molar-refractivity contribution in [3.05, 3.63) is 60.2 Å². The van der Waals surface area contributed by atoms with Crippen molar-refractivity contribution < 1.29 is 0 Å². The van der Waals surface area contributed by atoms with E-state index < -0.39 is 0 Å². The zero-order valence-electron chi connectivity index (χ0n) is 8.49. The molecule has 2 rings (SSSR count). The molecule has 0 heterocycles. The van der Waals surface area contributed by atoms with E-state index in [0.717, 1.165) is 6.42 Å². The second-order valence-electron chi connectivity index (χ2n) is 3.51. The van der Waals surface area contributed by atoms with Crippen LogP contribution in [-0.2, 0) is 6.42 Å². The van der Waals surface area contributed by atoms with E-state index in [1.165, 1.54) is 16.7 Å². The Morgan fingerprint density at radius 1 is 0.800 bits per heavy atom. The van der Waals surface area contributed by atoms with Crippen molar-refractivity contribution >= 4 is 11.6 Å². The largest absolute Gasteiger partial charge is 0.126 e. The minimum absolute atomic E-state index is 0.679.